The van der Waals surface area contributed by atoms with Gasteiger partial charge in [-0.15, -0.1) is 0 Å². The lowest BCUT2D eigenvalue weighted by atomic mass is 9.94. The van der Waals surface area contributed by atoms with E-state index in [-0.39, 0.29) is 28.4 Å². The molecule has 1 atom stereocenters. The highest BCUT2D eigenvalue weighted by Gasteiger charge is 2.28. The van der Waals surface area contributed by atoms with Gasteiger partial charge in [-0.05, 0) is 50.5 Å². The molecule has 1 aliphatic heterocycles. The third-order valence-electron chi connectivity index (χ3n) is 7.51. The highest BCUT2D eigenvalue weighted by Crippen LogP contribution is 2.34. The Bertz CT molecular complexity index is 1670. The second-order valence-corrected chi connectivity index (χ2v) is 10.5. The number of carbonyl (C=O) groups is 1. The Balaban J connectivity index is 1.49. The molecule has 0 radical (unpaired) electrons. The van der Waals surface area contributed by atoms with Gasteiger partial charge < -0.3 is 19.7 Å². The molecule has 1 aliphatic rings. The highest BCUT2D eigenvalue weighted by molar-refractivity contribution is 6.29. The fraction of sp³-hybridized carbons (Fsp3) is 0.379. The van der Waals surface area contributed by atoms with Crippen LogP contribution < -0.4 is 20.5 Å². The maximum Gasteiger partial charge on any atom is 0.358 e. The van der Waals surface area contributed by atoms with E-state index in [1.54, 1.807) is 37.1 Å². The molecule has 1 unspecified atom stereocenters. The van der Waals surface area contributed by atoms with Gasteiger partial charge in [-0.2, -0.15) is 0 Å². The number of methoxy groups -OCH3 is 2. The van der Waals surface area contributed by atoms with E-state index in [1.807, 2.05) is 26.0 Å². The number of hydrogen-bond donors (Lipinski definition) is 1. The summed E-state index contributed by atoms with van der Waals surface area (Å²) >= 11 is 6.04. The van der Waals surface area contributed by atoms with Crippen molar-refractivity contribution in [1.29, 1.82) is 0 Å². The van der Waals surface area contributed by atoms with Crippen molar-refractivity contribution < 1.29 is 14.3 Å². The summed E-state index contributed by atoms with van der Waals surface area (Å²) in [6.45, 7) is 5.38. The smallest absolute Gasteiger partial charge is 0.358 e. The Hall–Kier alpha value is -4.25. The number of piperidine rings is 1. The van der Waals surface area contributed by atoms with Crippen molar-refractivity contribution in [2.24, 2.45) is 7.05 Å². The summed E-state index contributed by atoms with van der Waals surface area (Å²) < 4.78 is 12.0. The first-order chi connectivity index (χ1) is 19.7. The molecule has 1 saturated heterocycles. The number of rotatable bonds is 7. The van der Waals surface area contributed by atoms with E-state index in [4.69, 9.17) is 26.1 Å². The minimum absolute atomic E-state index is 0.0837. The summed E-state index contributed by atoms with van der Waals surface area (Å²) in [6, 6.07) is 6.87. The number of ether oxygens (including phenoxy) is 2. The van der Waals surface area contributed by atoms with Crippen LogP contribution in [0.3, 0.4) is 0 Å². The normalized spacial score (nSPS) is 14.6. The van der Waals surface area contributed by atoms with Gasteiger partial charge in [-0.3, -0.25) is 9.36 Å². The Labute approximate surface area is 242 Å². The first-order valence-corrected chi connectivity index (χ1v) is 13.7. The van der Waals surface area contributed by atoms with Gasteiger partial charge in [0.15, 0.2) is 17.3 Å². The van der Waals surface area contributed by atoms with E-state index in [1.165, 1.54) is 13.4 Å². The third-order valence-corrected chi connectivity index (χ3v) is 7.72. The summed E-state index contributed by atoms with van der Waals surface area (Å²) in [6.07, 6.45) is 4.78. The Morgan fingerprint density at radius 3 is 2.63 bits per heavy atom. The number of esters is 1. The largest absolute Gasteiger partial charge is 0.491 e. The van der Waals surface area contributed by atoms with E-state index in [9.17, 15) is 9.59 Å². The van der Waals surface area contributed by atoms with Gasteiger partial charge in [0.05, 0.1) is 43.0 Å². The van der Waals surface area contributed by atoms with Crippen LogP contribution >= 0.6 is 11.6 Å². The number of carbonyl (C=O) groups excluding carboxylic acids is 1. The van der Waals surface area contributed by atoms with Crippen LogP contribution in [0.15, 0.2) is 41.6 Å². The van der Waals surface area contributed by atoms with Crippen molar-refractivity contribution in [1.82, 2.24) is 24.5 Å². The average Bonchev–Trinajstić information content (AvgIpc) is 2.99. The van der Waals surface area contributed by atoms with Crippen molar-refractivity contribution in [3.8, 4) is 5.75 Å². The molecule has 4 heterocycles. The van der Waals surface area contributed by atoms with Gasteiger partial charge >= 0.3 is 5.97 Å². The number of hydrogen-bond acceptors (Lipinski definition) is 10. The molecule has 214 valence electrons. The Morgan fingerprint density at radius 2 is 1.93 bits per heavy atom. The summed E-state index contributed by atoms with van der Waals surface area (Å²) in [4.78, 5) is 45.9. The second-order valence-electron chi connectivity index (χ2n) is 10.1. The van der Waals surface area contributed by atoms with Crippen LogP contribution in [0.1, 0.15) is 59.2 Å². The first-order valence-electron chi connectivity index (χ1n) is 13.3. The van der Waals surface area contributed by atoms with Crippen LogP contribution in [0.4, 0.5) is 11.5 Å². The predicted octanol–water partition coefficient (Wildman–Crippen LogP) is 4.43. The number of halogens is 1. The van der Waals surface area contributed by atoms with Crippen molar-refractivity contribution in [2.45, 2.75) is 38.6 Å². The molecule has 0 bridgehead atoms. The van der Waals surface area contributed by atoms with E-state index < -0.39 is 5.97 Å². The minimum Gasteiger partial charge on any atom is -0.491 e. The molecule has 4 aromatic rings. The van der Waals surface area contributed by atoms with E-state index >= 15 is 0 Å². The molecule has 1 fully saturated rings. The average molecular weight is 578 g/mol. The number of nitrogens with one attached hydrogen (secondary N) is 1. The fourth-order valence-electron chi connectivity index (χ4n) is 5.42. The summed E-state index contributed by atoms with van der Waals surface area (Å²) in [5, 5.41) is 4.09. The molecule has 0 aliphatic carbocycles. The van der Waals surface area contributed by atoms with E-state index in [2.05, 4.69) is 25.2 Å². The van der Waals surface area contributed by atoms with Gasteiger partial charge in [-0.1, -0.05) is 17.7 Å². The van der Waals surface area contributed by atoms with Gasteiger partial charge in [0.25, 0.3) is 5.56 Å². The topological polar surface area (TPSA) is 124 Å². The quantitative estimate of drug-likeness (QED) is 0.249. The van der Waals surface area contributed by atoms with E-state index in [0.29, 0.717) is 22.3 Å². The molecule has 5 rings (SSSR count). The molecule has 11 nitrogen and oxygen atoms in total. The number of nitrogens with zero attached hydrogens (tertiary/aromatic N) is 6. The summed E-state index contributed by atoms with van der Waals surface area (Å²) in [7, 11) is 4.69. The molecule has 0 amide bonds. The van der Waals surface area contributed by atoms with Crippen LogP contribution in [0, 0.1) is 6.92 Å². The minimum atomic E-state index is -0.600. The molecule has 1 N–H and O–H groups in total. The zero-order valence-electron chi connectivity index (χ0n) is 23.6. The Kier molecular flexibility index (Phi) is 8.07. The lowest BCUT2D eigenvalue weighted by Gasteiger charge is -2.33. The molecular weight excluding hydrogens is 546 g/mol. The van der Waals surface area contributed by atoms with Crippen LogP contribution in [-0.4, -0.2) is 57.8 Å². The second kappa shape index (κ2) is 11.7. The zero-order chi connectivity index (χ0) is 29.3. The van der Waals surface area contributed by atoms with E-state index in [0.717, 1.165) is 48.7 Å². The molecular formula is C29H32ClN7O4. The maximum atomic E-state index is 13.6. The summed E-state index contributed by atoms with van der Waals surface area (Å²) in [5.41, 5.74) is 2.87. The molecule has 3 aromatic heterocycles. The maximum absolute atomic E-state index is 13.6. The van der Waals surface area contributed by atoms with Gasteiger partial charge in [0, 0.05) is 31.6 Å². The van der Waals surface area contributed by atoms with Gasteiger partial charge in [-0.25, -0.2) is 24.7 Å². The number of benzene rings is 1. The zero-order valence-corrected chi connectivity index (χ0v) is 24.4. The monoisotopic (exact) mass is 577 g/mol. The molecule has 0 saturated carbocycles. The number of pyridine rings is 1. The van der Waals surface area contributed by atoms with Gasteiger partial charge in [0.1, 0.15) is 17.3 Å². The van der Waals surface area contributed by atoms with Crippen molar-refractivity contribution >= 4 is 40.0 Å². The molecule has 12 heteroatoms. The number of aryl methyl sites for hydroxylation is 1. The summed E-state index contributed by atoms with van der Waals surface area (Å²) in [5.74, 6) is 1.64. The highest BCUT2D eigenvalue weighted by atomic mass is 35.5. The lowest BCUT2D eigenvalue weighted by Crippen LogP contribution is -2.36. The first kappa shape index (κ1) is 28.3. The van der Waals surface area contributed by atoms with Crippen LogP contribution in [0.25, 0.3) is 10.9 Å². The molecule has 0 spiro atoms. The van der Waals surface area contributed by atoms with Crippen LogP contribution in [0.2, 0.25) is 5.15 Å². The molecule has 41 heavy (non-hydrogen) atoms. The number of anilines is 2. The predicted molar refractivity (Wildman–Crippen MR) is 157 cm³/mol. The standard InChI is InChI=1S/C29H32ClN7O4/c1-16-12-19(17(2)33-21-6-7-23(30)34-25(21)29(39)41-5)24-20(13-16)28(38)36(3)26(35-24)18-8-10-37(11-9-18)27-22(40-4)14-31-15-32-27/h6-7,12-15,17-18,33H,8-11H2,1-5H3. The van der Waals surface area contributed by atoms with Gasteiger partial charge in [0.2, 0.25) is 0 Å². The Morgan fingerprint density at radius 1 is 1.17 bits per heavy atom. The van der Waals surface area contributed by atoms with Crippen LogP contribution in [0.5, 0.6) is 5.75 Å². The van der Waals surface area contributed by atoms with Crippen molar-refractivity contribution in [3.05, 3.63) is 74.9 Å². The number of aromatic nitrogens is 5. The van der Waals surface area contributed by atoms with Crippen molar-refractivity contribution in [2.75, 3.05) is 37.5 Å². The molecule has 1 aromatic carbocycles. The number of fused-ring (bicyclic) bond motifs is 1. The third kappa shape index (κ3) is 5.54. The fourth-order valence-corrected chi connectivity index (χ4v) is 5.57. The SMILES string of the molecule is COC(=O)c1nc(Cl)ccc1NC(C)c1cc(C)cc2c(=O)n(C)c(C3CCN(c4ncncc4OC)CC3)nc12. The van der Waals surface area contributed by atoms with Crippen LogP contribution in [-0.2, 0) is 11.8 Å². The lowest BCUT2D eigenvalue weighted by molar-refractivity contribution is 0.0595. The van der Waals surface area contributed by atoms with Crippen molar-refractivity contribution in [3.63, 3.8) is 0 Å².